The number of hydrogen-bond acceptors (Lipinski definition) is 3. The summed E-state index contributed by atoms with van der Waals surface area (Å²) < 4.78 is 2.05. The highest BCUT2D eigenvalue weighted by Gasteiger charge is 2.22. The average molecular weight is 313 g/mol. The van der Waals surface area contributed by atoms with Gasteiger partial charge in [-0.3, -0.25) is 9.58 Å². The van der Waals surface area contributed by atoms with Gasteiger partial charge in [0.15, 0.2) is 0 Å². The van der Waals surface area contributed by atoms with Gasteiger partial charge in [-0.2, -0.15) is 5.10 Å². The van der Waals surface area contributed by atoms with Crippen LogP contribution in [0.15, 0.2) is 0 Å². The zero-order valence-corrected chi connectivity index (χ0v) is 14.6. The van der Waals surface area contributed by atoms with Gasteiger partial charge >= 0.3 is 0 Å². The molecule has 0 saturated carbocycles. The van der Waals surface area contributed by atoms with E-state index in [0.29, 0.717) is 6.04 Å². The van der Waals surface area contributed by atoms with E-state index in [-0.39, 0.29) is 0 Å². The summed E-state index contributed by atoms with van der Waals surface area (Å²) >= 11 is 6.46. The Morgan fingerprint density at radius 1 is 1.38 bits per heavy atom. The first-order valence-electron chi connectivity index (χ1n) is 8.19. The van der Waals surface area contributed by atoms with Gasteiger partial charge < -0.3 is 5.32 Å². The standard InChI is InChI=1S/C16H29ClN4/c1-5-21-15(16(17)13(4)19-21)11-20(12(2)3)10-14-6-8-18-9-7-14/h12,14,18H,5-11H2,1-4H3. The summed E-state index contributed by atoms with van der Waals surface area (Å²) in [6.45, 7) is 13.9. The number of hydrogen-bond donors (Lipinski definition) is 1. The van der Waals surface area contributed by atoms with Crippen molar-refractivity contribution in [3.05, 3.63) is 16.4 Å². The molecule has 5 heteroatoms. The summed E-state index contributed by atoms with van der Waals surface area (Å²) in [6.07, 6.45) is 2.56. The van der Waals surface area contributed by atoms with Gasteiger partial charge in [0.25, 0.3) is 0 Å². The van der Waals surface area contributed by atoms with Gasteiger partial charge in [-0.15, -0.1) is 0 Å². The zero-order chi connectivity index (χ0) is 15.4. The SMILES string of the molecule is CCn1nc(C)c(Cl)c1CN(CC1CCNCC1)C(C)C. The molecule has 0 bridgehead atoms. The fourth-order valence-electron chi connectivity index (χ4n) is 3.07. The molecule has 1 aromatic rings. The van der Waals surface area contributed by atoms with Crippen molar-refractivity contribution in [3.63, 3.8) is 0 Å². The van der Waals surface area contributed by atoms with Gasteiger partial charge in [-0.05, 0) is 59.5 Å². The van der Waals surface area contributed by atoms with Crippen LogP contribution in [0.25, 0.3) is 0 Å². The van der Waals surface area contributed by atoms with E-state index in [4.69, 9.17) is 11.6 Å². The van der Waals surface area contributed by atoms with Crippen molar-refractivity contribution in [1.29, 1.82) is 0 Å². The Morgan fingerprint density at radius 2 is 2.05 bits per heavy atom. The summed E-state index contributed by atoms with van der Waals surface area (Å²) in [5.74, 6) is 0.798. The molecular formula is C16H29ClN4. The molecule has 0 amide bonds. The van der Waals surface area contributed by atoms with Crippen LogP contribution in [0.1, 0.15) is 45.0 Å². The maximum absolute atomic E-state index is 6.46. The minimum Gasteiger partial charge on any atom is -0.317 e. The molecule has 1 N–H and O–H groups in total. The fraction of sp³-hybridized carbons (Fsp3) is 0.812. The predicted molar refractivity (Wildman–Crippen MR) is 88.8 cm³/mol. The lowest BCUT2D eigenvalue weighted by Crippen LogP contribution is -2.39. The Morgan fingerprint density at radius 3 is 2.62 bits per heavy atom. The van der Waals surface area contributed by atoms with Crippen LogP contribution in [0, 0.1) is 12.8 Å². The summed E-state index contributed by atoms with van der Waals surface area (Å²) in [5, 5.41) is 8.82. The first-order chi connectivity index (χ1) is 10.0. The van der Waals surface area contributed by atoms with Crippen LogP contribution in [0.3, 0.4) is 0 Å². The van der Waals surface area contributed by atoms with Crippen molar-refractivity contribution in [1.82, 2.24) is 20.0 Å². The number of halogens is 1. The molecule has 1 aromatic heterocycles. The number of nitrogens with one attached hydrogen (secondary N) is 1. The van der Waals surface area contributed by atoms with Crippen LogP contribution in [0.2, 0.25) is 5.02 Å². The Labute approximate surface area is 133 Å². The Kier molecular flexibility index (Phi) is 6.08. The molecule has 0 atom stereocenters. The Hall–Kier alpha value is -0.580. The van der Waals surface area contributed by atoms with E-state index in [1.165, 1.54) is 18.5 Å². The number of aryl methyl sites for hydroxylation is 2. The second-order valence-corrected chi connectivity index (χ2v) is 6.76. The largest absolute Gasteiger partial charge is 0.317 e. The first kappa shape index (κ1) is 16.8. The highest BCUT2D eigenvalue weighted by atomic mass is 35.5. The lowest BCUT2D eigenvalue weighted by Gasteiger charge is -2.32. The van der Waals surface area contributed by atoms with E-state index >= 15 is 0 Å². The van der Waals surface area contributed by atoms with Crippen molar-refractivity contribution in [2.75, 3.05) is 19.6 Å². The predicted octanol–water partition coefficient (Wildman–Crippen LogP) is 3.07. The minimum absolute atomic E-state index is 0.525. The molecule has 1 aliphatic rings. The first-order valence-corrected chi connectivity index (χ1v) is 8.57. The smallest absolute Gasteiger partial charge is 0.0860 e. The van der Waals surface area contributed by atoms with Crippen LogP contribution in [0.5, 0.6) is 0 Å². The normalized spacial score (nSPS) is 17.1. The van der Waals surface area contributed by atoms with Gasteiger partial charge in [0.05, 0.1) is 16.4 Å². The van der Waals surface area contributed by atoms with E-state index in [2.05, 4.69) is 40.8 Å². The maximum Gasteiger partial charge on any atom is 0.0860 e. The molecular weight excluding hydrogens is 284 g/mol. The Balaban J connectivity index is 2.08. The minimum atomic E-state index is 0.525. The van der Waals surface area contributed by atoms with Gasteiger partial charge in [-0.1, -0.05) is 11.6 Å². The monoisotopic (exact) mass is 312 g/mol. The molecule has 21 heavy (non-hydrogen) atoms. The topological polar surface area (TPSA) is 33.1 Å². The van der Waals surface area contributed by atoms with Crippen molar-refractivity contribution < 1.29 is 0 Å². The summed E-state index contributed by atoms with van der Waals surface area (Å²) in [7, 11) is 0. The summed E-state index contributed by atoms with van der Waals surface area (Å²) in [5.41, 5.74) is 2.11. The maximum atomic E-state index is 6.46. The quantitative estimate of drug-likeness (QED) is 0.876. The van der Waals surface area contributed by atoms with Crippen molar-refractivity contribution in [3.8, 4) is 0 Å². The number of nitrogens with zero attached hydrogens (tertiary/aromatic N) is 3. The summed E-state index contributed by atoms with van der Waals surface area (Å²) in [4.78, 5) is 2.55. The summed E-state index contributed by atoms with van der Waals surface area (Å²) in [6, 6.07) is 0.525. The third kappa shape index (κ3) is 4.21. The van der Waals surface area contributed by atoms with Crippen LogP contribution >= 0.6 is 11.6 Å². The molecule has 120 valence electrons. The number of piperidine rings is 1. The van der Waals surface area contributed by atoms with E-state index < -0.39 is 0 Å². The Bertz CT molecular complexity index is 449. The molecule has 0 spiro atoms. The second-order valence-electron chi connectivity index (χ2n) is 6.38. The molecule has 2 heterocycles. The van der Waals surface area contributed by atoms with Crippen LogP contribution < -0.4 is 5.32 Å². The van der Waals surface area contributed by atoms with E-state index in [1.54, 1.807) is 0 Å². The average Bonchev–Trinajstić information content (AvgIpc) is 2.75. The molecule has 2 rings (SSSR count). The highest BCUT2D eigenvalue weighted by Crippen LogP contribution is 2.24. The number of aromatic nitrogens is 2. The lowest BCUT2D eigenvalue weighted by atomic mass is 9.97. The second kappa shape index (κ2) is 7.61. The van der Waals surface area contributed by atoms with Crippen molar-refractivity contribution >= 4 is 11.6 Å². The van der Waals surface area contributed by atoms with Gasteiger partial charge in [-0.25, -0.2) is 0 Å². The van der Waals surface area contributed by atoms with Crippen LogP contribution in [-0.4, -0.2) is 40.4 Å². The number of rotatable bonds is 6. The van der Waals surface area contributed by atoms with Crippen LogP contribution in [0.4, 0.5) is 0 Å². The molecule has 1 saturated heterocycles. The molecule has 4 nitrogen and oxygen atoms in total. The van der Waals surface area contributed by atoms with Crippen molar-refractivity contribution in [2.24, 2.45) is 5.92 Å². The lowest BCUT2D eigenvalue weighted by molar-refractivity contribution is 0.158. The third-order valence-electron chi connectivity index (χ3n) is 4.49. The van der Waals surface area contributed by atoms with Gasteiger partial charge in [0.2, 0.25) is 0 Å². The fourth-order valence-corrected chi connectivity index (χ4v) is 3.26. The van der Waals surface area contributed by atoms with Crippen LogP contribution in [-0.2, 0) is 13.1 Å². The third-order valence-corrected chi connectivity index (χ3v) is 4.98. The molecule has 0 unspecified atom stereocenters. The van der Waals surface area contributed by atoms with Crippen molar-refractivity contribution in [2.45, 2.75) is 59.7 Å². The van der Waals surface area contributed by atoms with Gasteiger partial charge in [0.1, 0.15) is 0 Å². The zero-order valence-electron chi connectivity index (χ0n) is 13.8. The van der Waals surface area contributed by atoms with E-state index in [1.807, 2.05) is 6.92 Å². The molecule has 1 aliphatic heterocycles. The molecule has 0 aliphatic carbocycles. The van der Waals surface area contributed by atoms with E-state index in [9.17, 15) is 0 Å². The van der Waals surface area contributed by atoms with Gasteiger partial charge in [0, 0.05) is 25.7 Å². The highest BCUT2D eigenvalue weighted by molar-refractivity contribution is 6.31. The molecule has 0 aromatic carbocycles. The molecule has 0 radical (unpaired) electrons. The molecule has 1 fully saturated rings. The van der Waals surface area contributed by atoms with E-state index in [0.717, 1.165) is 49.4 Å².